The van der Waals surface area contributed by atoms with Gasteiger partial charge in [0, 0.05) is 24.8 Å². The maximum Gasteiger partial charge on any atom is 0.243 e. The van der Waals surface area contributed by atoms with Gasteiger partial charge >= 0.3 is 0 Å². The molecule has 1 aliphatic heterocycles. The molecule has 2 aromatic rings. The molecule has 0 unspecified atom stereocenters. The van der Waals surface area contributed by atoms with Crippen LogP contribution in [0.2, 0.25) is 0 Å². The highest BCUT2D eigenvalue weighted by molar-refractivity contribution is 7.89. The first-order valence-electron chi connectivity index (χ1n) is 8.80. The molecule has 1 aromatic heterocycles. The Morgan fingerprint density at radius 2 is 2.00 bits per heavy atom. The highest BCUT2D eigenvalue weighted by atomic mass is 32.2. The van der Waals surface area contributed by atoms with Gasteiger partial charge in [-0.05, 0) is 49.9 Å². The SMILES string of the molecule is COc1ccc(S(=O)(=O)N2CCC(COc3ncccc3C)CC2)cc1F. The fourth-order valence-electron chi connectivity index (χ4n) is 3.09. The first-order valence-corrected chi connectivity index (χ1v) is 10.2. The van der Waals surface area contributed by atoms with Crippen molar-refractivity contribution < 1.29 is 22.3 Å². The molecule has 0 aliphatic carbocycles. The van der Waals surface area contributed by atoms with E-state index in [0.717, 1.165) is 11.6 Å². The van der Waals surface area contributed by atoms with Gasteiger partial charge in [0.1, 0.15) is 0 Å². The molecule has 1 aromatic carbocycles. The number of rotatable bonds is 6. The molecule has 0 N–H and O–H groups in total. The molecule has 8 heteroatoms. The summed E-state index contributed by atoms with van der Waals surface area (Å²) in [6.07, 6.45) is 3.05. The van der Waals surface area contributed by atoms with Crippen LogP contribution in [-0.4, -0.2) is 44.5 Å². The van der Waals surface area contributed by atoms with Gasteiger partial charge in [0.2, 0.25) is 15.9 Å². The number of hydrogen-bond acceptors (Lipinski definition) is 5. The van der Waals surface area contributed by atoms with Gasteiger partial charge in [-0.2, -0.15) is 4.31 Å². The normalized spacial score (nSPS) is 16.3. The molecule has 146 valence electrons. The summed E-state index contributed by atoms with van der Waals surface area (Å²) in [5.74, 6) is 0.203. The highest BCUT2D eigenvalue weighted by Crippen LogP contribution is 2.27. The van der Waals surface area contributed by atoms with Crippen molar-refractivity contribution in [3.05, 3.63) is 47.9 Å². The molecule has 0 saturated carbocycles. The molecular weight excluding hydrogens is 371 g/mol. The number of aromatic nitrogens is 1. The Kier molecular flexibility index (Phi) is 5.96. The Labute approximate surface area is 159 Å². The summed E-state index contributed by atoms with van der Waals surface area (Å²) in [7, 11) is -2.38. The number of ether oxygens (including phenoxy) is 2. The highest BCUT2D eigenvalue weighted by Gasteiger charge is 2.30. The van der Waals surface area contributed by atoms with Gasteiger partial charge in [0.05, 0.1) is 18.6 Å². The van der Waals surface area contributed by atoms with Gasteiger partial charge in [0.15, 0.2) is 11.6 Å². The van der Waals surface area contributed by atoms with Crippen molar-refractivity contribution >= 4 is 10.0 Å². The number of sulfonamides is 1. The zero-order valence-corrected chi connectivity index (χ0v) is 16.2. The van der Waals surface area contributed by atoms with Crippen molar-refractivity contribution in [2.75, 3.05) is 26.8 Å². The molecule has 1 saturated heterocycles. The molecule has 6 nitrogen and oxygen atoms in total. The number of hydrogen-bond donors (Lipinski definition) is 0. The van der Waals surface area contributed by atoms with E-state index in [0.29, 0.717) is 38.4 Å². The van der Waals surface area contributed by atoms with Crippen molar-refractivity contribution in [3.8, 4) is 11.6 Å². The Morgan fingerprint density at radius 1 is 1.26 bits per heavy atom. The summed E-state index contributed by atoms with van der Waals surface area (Å²) in [5, 5.41) is 0. The Hall–Kier alpha value is -2.19. The summed E-state index contributed by atoms with van der Waals surface area (Å²) in [6.45, 7) is 3.20. The summed E-state index contributed by atoms with van der Waals surface area (Å²) in [5.41, 5.74) is 0.971. The van der Waals surface area contributed by atoms with E-state index >= 15 is 0 Å². The number of benzene rings is 1. The number of nitrogens with zero attached hydrogens (tertiary/aromatic N) is 2. The first-order chi connectivity index (χ1) is 12.9. The van der Waals surface area contributed by atoms with Crippen molar-refractivity contribution in [1.29, 1.82) is 0 Å². The minimum absolute atomic E-state index is 0.0228. The van der Waals surface area contributed by atoms with Gasteiger partial charge in [0.25, 0.3) is 0 Å². The lowest BCUT2D eigenvalue weighted by molar-refractivity contribution is 0.180. The number of halogens is 1. The quantitative estimate of drug-likeness (QED) is 0.753. The molecule has 3 rings (SSSR count). The average Bonchev–Trinajstić information content (AvgIpc) is 2.67. The van der Waals surface area contributed by atoms with Gasteiger partial charge in [-0.15, -0.1) is 0 Å². The van der Waals surface area contributed by atoms with E-state index in [-0.39, 0.29) is 16.6 Å². The van der Waals surface area contributed by atoms with Crippen LogP contribution in [-0.2, 0) is 10.0 Å². The number of pyridine rings is 1. The van der Waals surface area contributed by atoms with Crippen LogP contribution < -0.4 is 9.47 Å². The van der Waals surface area contributed by atoms with Crippen LogP contribution in [0.25, 0.3) is 0 Å². The molecule has 0 atom stereocenters. The van der Waals surface area contributed by atoms with Crippen LogP contribution in [0.3, 0.4) is 0 Å². The number of aryl methyl sites for hydroxylation is 1. The van der Waals surface area contributed by atoms with Gasteiger partial charge in [-0.25, -0.2) is 17.8 Å². The smallest absolute Gasteiger partial charge is 0.243 e. The second-order valence-electron chi connectivity index (χ2n) is 6.58. The standard InChI is InChI=1S/C19H23FN2O4S/c1-14-4-3-9-21-19(14)26-13-15-7-10-22(11-8-15)27(23,24)16-5-6-18(25-2)17(20)12-16/h3-6,9,12,15H,7-8,10-11,13H2,1-2H3. The van der Waals surface area contributed by atoms with E-state index in [1.54, 1.807) is 6.20 Å². The fourth-order valence-corrected chi connectivity index (χ4v) is 4.57. The lowest BCUT2D eigenvalue weighted by Gasteiger charge is -2.31. The monoisotopic (exact) mass is 394 g/mol. The van der Waals surface area contributed by atoms with Crippen molar-refractivity contribution in [1.82, 2.24) is 9.29 Å². The summed E-state index contributed by atoms with van der Waals surface area (Å²) < 4.78 is 51.4. The Balaban J connectivity index is 1.59. The molecule has 0 radical (unpaired) electrons. The summed E-state index contributed by atoms with van der Waals surface area (Å²) in [4.78, 5) is 4.15. The van der Waals surface area contributed by atoms with Crippen molar-refractivity contribution in [2.24, 2.45) is 5.92 Å². The predicted molar refractivity (Wildman–Crippen MR) is 98.9 cm³/mol. The first kappa shape index (κ1) is 19.6. The lowest BCUT2D eigenvalue weighted by atomic mass is 9.99. The van der Waals surface area contributed by atoms with Gasteiger partial charge in [-0.3, -0.25) is 0 Å². The molecule has 0 amide bonds. The largest absolute Gasteiger partial charge is 0.494 e. The van der Waals surface area contributed by atoms with Crippen molar-refractivity contribution in [3.63, 3.8) is 0 Å². The topological polar surface area (TPSA) is 68.7 Å². The summed E-state index contributed by atoms with van der Waals surface area (Å²) in [6, 6.07) is 7.50. The molecule has 27 heavy (non-hydrogen) atoms. The minimum Gasteiger partial charge on any atom is -0.494 e. The minimum atomic E-state index is -3.72. The molecule has 1 aliphatic rings. The maximum absolute atomic E-state index is 13.9. The van der Waals surface area contributed by atoms with E-state index < -0.39 is 15.8 Å². The second kappa shape index (κ2) is 8.22. The van der Waals surface area contributed by atoms with Crippen LogP contribution in [0.1, 0.15) is 18.4 Å². The van der Waals surface area contributed by atoms with E-state index in [4.69, 9.17) is 9.47 Å². The van der Waals surface area contributed by atoms with Gasteiger partial charge in [-0.1, -0.05) is 6.07 Å². The van der Waals surface area contributed by atoms with Crippen molar-refractivity contribution in [2.45, 2.75) is 24.7 Å². The van der Waals surface area contributed by atoms with E-state index in [2.05, 4.69) is 4.98 Å². The van der Waals surface area contributed by atoms with Crippen LogP contribution in [0.4, 0.5) is 4.39 Å². The van der Waals surface area contributed by atoms with Crippen LogP contribution in [0.5, 0.6) is 11.6 Å². The van der Waals surface area contributed by atoms with E-state index in [9.17, 15) is 12.8 Å². The van der Waals surface area contributed by atoms with E-state index in [1.807, 2.05) is 19.1 Å². The van der Waals surface area contributed by atoms with Crippen LogP contribution >= 0.6 is 0 Å². The zero-order chi connectivity index (χ0) is 19.4. The Bertz CT molecular complexity index is 896. The third-order valence-corrected chi connectivity index (χ3v) is 6.65. The number of piperidine rings is 1. The van der Waals surface area contributed by atoms with Gasteiger partial charge < -0.3 is 9.47 Å². The fraction of sp³-hybridized carbons (Fsp3) is 0.421. The second-order valence-corrected chi connectivity index (χ2v) is 8.52. The third kappa shape index (κ3) is 4.39. The predicted octanol–water partition coefficient (Wildman–Crippen LogP) is 3.02. The number of methoxy groups -OCH3 is 1. The van der Waals surface area contributed by atoms with E-state index in [1.165, 1.54) is 23.5 Å². The van der Waals surface area contributed by atoms with Crippen LogP contribution in [0, 0.1) is 18.7 Å². The Morgan fingerprint density at radius 3 is 2.63 bits per heavy atom. The molecule has 0 spiro atoms. The maximum atomic E-state index is 13.9. The lowest BCUT2D eigenvalue weighted by Crippen LogP contribution is -2.39. The molecular formula is C19H23FN2O4S. The third-order valence-electron chi connectivity index (χ3n) is 4.75. The molecule has 0 bridgehead atoms. The zero-order valence-electron chi connectivity index (χ0n) is 15.4. The molecule has 1 fully saturated rings. The summed E-state index contributed by atoms with van der Waals surface area (Å²) >= 11 is 0. The molecule has 2 heterocycles. The average molecular weight is 394 g/mol. The van der Waals surface area contributed by atoms with Crippen LogP contribution in [0.15, 0.2) is 41.4 Å².